The second-order valence-electron chi connectivity index (χ2n) is 7.23. The predicted molar refractivity (Wildman–Crippen MR) is 118 cm³/mol. The summed E-state index contributed by atoms with van der Waals surface area (Å²) >= 11 is 0. The molecule has 0 spiro atoms. The van der Waals surface area contributed by atoms with E-state index in [2.05, 4.69) is 4.72 Å². The molecule has 0 radical (unpaired) electrons. The van der Waals surface area contributed by atoms with Gasteiger partial charge in [-0.05, 0) is 25.1 Å². The number of ketones is 1. The summed E-state index contributed by atoms with van der Waals surface area (Å²) in [5.41, 5.74) is 5.41. The van der Waals surface area contributed by atoms with Gasteiger partial charge >= 0.3 is 0 Å². The van der Waals surface area contributed by atoms with Crippen LogP contribution in [0.25, 0.3) is 0 Å². The normalized spacial score (nSPS) is 13.4. The first-order valence-corrected chi connectivity index (χ1v) is 12.1. The number of carbonyl (C=O) groups excluding carboxylic acids is 1. The Morgan fingerprint density at radius 2 is 1.53 bits per heavy atom. The summed E-state index contributed by atoms with van der Waals surface area (Å²) in [5, 5.41) is 8.59. The molecule has 0 saturated heterocycles. The highest BCUT2D eigenvalue weighted by molar-refractivity contribution is 7.92. The zero-order chi connectivity index (χ0) is 23.4. The van der Waals surface area contributed by atoms with Gasteiger partial charge in [0.15, 0.2) is 5.78 Å². The molecule has 5 N–H and O–H groups in total. The number of fused-ring (bicyclic) bond motifs is 2. The highest BCUT2D eigenvalue weighted by atomic mass is 32.2. The van der Waals surface area contributed by atoms with Crippen LogP contribution in [0, 0.1) is 12.3 Å². The van der Waals surface area contributed by atoms with Gasteiger partial charge in [0.05, 0.1) is 27.5 Å². The maximum absolute atomic E-state index is 13.1. The molecule has 0 amide bonds. The number of aryl methyl sites for hydroxylation is 1. The standard InChI is InChI=1S/C21H17N3O6S2/c1-11-6-8-12(9-7-11)31(26,27)24-15-10-16(32(28,29)30)20(23)18-17(15)19(22)13-4-2-3-5-14(13)21(18)25/h2-10,22,24H,23H2,1H3,(H,28,29,30). The number of nitrogens with two attached hydrogens (primary N) is 1. The number of benzene rings is 3. The van der Waals surface area contributed by atoms with Crippen molar-refractivity contribution in [1.82, 2.24) is 0 Å². The van der Waals surface area contributed by atoms with Crippen LogP contribution in [0.5, 0.6) is 0 Å². The number of rotatable bonds is 4. The van der Waals surface area contributed by atoms with Gasteiger partial charge in [0.1, 0.15) is 4.90 Å². The van der Waals surface area contributed by atoms with E-state index in [9.17, 15) is 26.2 Å². The first kappa shape index (κ1) is 21.7. The average Bonchev–Trinajstić information content (AvgIpc) is 2.72. The molecule has 164 valence electrons. The Kier molecular flexibility index (Phi) is 4.92. The van der Waals surface area contributed by atoms with Gasteiger partial charge in [-0.3, -0.25) is 19.5 Å². The molecule has 3 aromatic carbocycles. The fraction of sp³-hybridized carbons (Fsp3) is 0.0476. The quantitative estimate of drug-likeness (QED) is 0.262. The lowest BCUT2D eigenvalue weighted by atomic mass is 9.82. The van der Waals surface area contributed by atoms with Crippen molar-refractivity contribution < 1.29 is 26.2 Å². The first-order chi connectivity index (χ1) is 14.9. The van der Waals surface area contributed by atoms with Gasteiger partial charge in [-0.25, -0.2) is 8.42 Å². The topological polar surface area (TPSA) is 167 Å². The summed E-state index contributed by atoms with van der Waals surface area (Å²) in [4.78, 5) is 12.2. The second-order valence-corrected chi connectivity index (χ2v) is 10.3. The van der Waals surface area contributed by atoms with E-state index in [1.165, 1.54) is 24.3 Å². The molecule has 0 aromatic heterocycles. The van der Waals surface area contributed by atoms with Crippen molar-refractivity contribution >= 4 is 43.0 Å². The fourth-order valence-electron chi connectivity index (χ4n) is 3.55. The van der Waals surface area contributed by atoms with Gasteiger partial charge in [-0.15, -0.1) is 0 Å². The minimum Gasteiger partial charge on any atom is -0.397 e. The molecule has 0 atom stereocenters. The summed E-state index contributed by atoms with van der Waals surface area (Å²) in [6.07, 6.45) is 0. The summed E-state index contributed by atoms with van der Waals surface area (Å²) in [6.45, 7) is 1.78. The largest absolute Gasteiger partial charge is 0.397 e. The van der Waals surface area contributed by atoms with E-state index in [0.29, 0.717) is 0 Å². The monoisotopic (exact) mass is 471 g/mol. The lowest BCUT2D eigenvalue weighted by Crippen LogP contribution is -2.26. The number of hydrogen-bond donors (Lipinski definition) is 4. The molecule has 3 aromatic rings. The van der Waals surface area contributed by atoms with Gasteiger partial charge in [0.25, 0.3) is 20.1 Å². The van der Waals surface area contributed by atoms with E-state index in [-0.39, 0.29) is 38.5 Å². The highest BCUT2D eigenvalue weighted by Crippen LogP contribution is 2.39. The van der Waals surface area contributed by atoms with Crippen LogP contribution in [0.4, 0.5) is 11.4 Å². The van der Waals surface area contributed by atoms with Crippen molar-refractivity contribution in [2.24, 2.45) is 0 Å². The highest BCUT2D eigenvalue weighted by Gasteiger charge is 2.35. The maximum Gasteiger partial charge on any atom is 0.296 e. The van der Waals surface area contributed by atoms with E-state index in [1.54, 1.807) is 31.2 Å². The van der Waals surface area contributed by atoms with Crippen molar-refractivity contribution in [3.8, 4) is 0 Å². The average molecular weight is 472 g/mol. The second kappa shape index (κ2) is 7.26. The van der Waals surface area contributed by atoms with Crippen LogP contribution in [0.15, 0.2) is 64.4 Å². The fourth-order valence-corrected chi connectivity index (χ4v) is 5.26. The Hall–Kier alpha value is -3.54. The maximum atomic E-state index is 13.1. The Morgan fingerprint density at radius 3 is 2.12 bits per heavy atom. The molecular formula is C21H17N3O6S2. The van der Waals surface area contributed by atoms with Crippen molar-refractivity contribution in [3.05, 3.63) is 82.4 Å². The van der Waals surface area contributed by atoms with E-state index in [0.717, 1.165) is 11.6 Å². The number of nitrogen functional groups attached to an aromatic ring is 1. The summed E-state index contributed by atoms with van der Waals surface area (Å²) in [5.74, 6) is -0.689. The van der Waals surface area contributed by atoms with Crippen LogP contribution in [-0.2, 0) is 20.1 Å². The van der Waals surface area contributed by atoms with Gasteiger partial charge in [0, 0.05) is 16.7 Å². The van der Waals surface area contributed by atoms with Crippen molar-refractivity contribution in [3.63, 3.8) is 0 Å². The van der Waals surface area contributed by atoms with Crippen molar-refractivity contribution in [2.75, 3.05) is 10.5 Å². The van der Waals surface area contributed by atoms with Crippen molar-refractivity contribution in [2.45, 2.75) is 16.7 Å². The molecule has 4 rings (SSSR count). The predicted octanol–water partition coefficient (Wildman–Crippen LogP) is 2.59. The third kappa shape index (κ3) is 3.45. The van der Waals surface area contributed by atoms with Crippen LogP contribution in [0.3, 0.4) is 0 Å². The first-order valence-electron chi connectivity index (χ1n) is 9.18. The number of sulfonamides is 1. The summed E-state index contributed by atoms with van der Waals surface area (Å²) < 4.78 is 61.7. The number of nitrogens with one attached hydrogen (secondary N) is 2. The third-order valence-corrected chi connectivity index (χ3v) is 7.38. The Labute approximate surface area is 184 Å². The van der Waals surface area contributed by atoms with Gasteiger partial charge in [-0.2, -0.15) is 8.42 Å². The molecule has 0 aliphatic heterocycles. The Balaban J connectivity index is 2.00. The van der Waals surface area contributed by atoms with E-state index in [4.69, 9.17) is 11.1 Å². The molecule has 32 heavy (non-hydrogen) atoms. The van der Waals surface area contributed by atoms with Crippen LogP contribution in [0.1, 0.15) is 32.6 Å². The molecule has 0 saturated carbocycles. The summed E-state index contributed by atoms with van der Waals surface area (Å²) in [7, 11) is -9.15. The Morgan fingerprint density at radius 1 is 0.938 bits per heavy atom. The SMILES string of the molecule is Cc1ccc(S(=O)(=O)Nc2cc(S(=O)(=O)O)c(N)c3c2C(=N)c2ccccc2C3=O)cc1. The minimum absolute atomic E-state index is 0.108. The van der Waals surface area contributed by atoms with E-state index in [1.807, 2.05) is 0 Å². The van der Waals surface area contributed by atoms with Crippen LogP contribution in [-0.4, -0.2) is 32.9 Å². The molecule has 1 aliphatic carbocycles. The van der Waals surface area contributed by atoms with Gasteiger partial charge < -0.3 is 5.73 Å². The molecular weight excluding hydrogens is 454 g/mol. The molecule has 11 heteroatoms. The molecule has 0 unspecified atom stereocenters. The van der Waals surface area contributed by atoms with Crippen LogP contribution in [0.2, 0.25) is 0 Å². The molecule has 1 aliphatic rings. The number of anilines is 2. The molecule has 0 heterocycles. The molecule has 0 bridgehead atoms. The number of hydrogen-bond acceptors (Lipinski definition) is 7. The number of carbonyl (C=O) groups is 1. The summed E-state index contributed by atoms with van der Waals surface area (Å²) in [6, 6.07) is 12.8. The smallest absolute Gasteiger partial charge is 0.296 e. The zero-order valence-electron chi connectivity index (χ0n) is 16.6. The van der Waals surface area contributed by atoms with E-state index < -0.39 is 36.5 Å². The lowest BCUT2D eigenvalue weighted by molar-refractivity contribution is 0.103. The van der Waals surface area contributed by atoms with Crippen LogP contribution >= 0.6 is 0 Å². The van der Waals surface area contributed by atoms with Gasteiger partial charge in [0.2, 0.25) is 0 Å². The van der Waals surface area contributed by atoms with Crippen LogP contribution < -0.4 is 10.5 Å². The Bertz CT molecular complexity index is 1530. The minimum atomic E-state index is -4.92. The molecule has 0 fully saturated rings. The molecule has 9 nitrogen and oxygen atoms in total. The van der Waals surface area contributed by atoms with Crippen molar-refractivity contribution in [1.29, 1.82) is 5.41 Å². The third-order valence-electron chi connectivity index (χ3n) is 5.10. The zero-order valence-corrected chi connectivity index (χ0v) is 18.2. The lowest BCUT2D eigenvalue weighted by Gasteiger charge is -2.25. The van der Waals surface area contributed by atoms with E-state index >= 15 is 0 Å². The van der Waals surface area contributed by atoms with Gasteiger partial charge in [-0.1, -0.05) is 42.0 Å².